The van der Waals surface area contributed by atoms with Gasteiger partial charge in [-0.05, 0) is 45.3 Å². The molecule has 130 valence electrons. The molecule has 0 N–H and O–H groups in total. The number of methoxy groups -OCH3 is 1. The summed E-state index contributed by atoms with van der Waals surface area (Å²) in [5, 5.41) is 0.414. The second-order valence-electron chi connectivity index (χ2n) is 7.37. The standard InChI is InChI=1S/C17H22BClO5/c1-15(2)16(3,4)24-18(23-15)11-6-7-13(12(19)10-11)22-17(8-9-17)14(20)21-5/h6-7,10H,8-9H2,1-5H3. The number of ether oxygens (including phenoxy) is 2. The third-order valence-corrected chi connectivity index (χ3v) is 5.34. The second-order valence-corrected chi connectivity index (χ2v) is 7.77. The fourth-order valence-corrected chi connectivity index (χ4v) is 2.81. The molecule has 1 saturated carbocycles. The van der Waals surface area contributed by atoms with E-state index in [9.17, 15) is 4.79 Å². The predicted octanol–water partition coefficient (Wildman–Crippen LogP) is 2.72. The van der Waals surface area contributed by atoms with Crippen LogP contribution >= 0.6 is 11.6 Å². The Kier molecular flexibility index (Phi) is 4.14. The first-order valence-corrected chi connectivity index (χ1v) is 8.41. The zero-order chi connectivity index (χ0) is 17.8. The maximum Gasteiger partial charge on any atom is 0.494 e. The van der Waals surface area contributed by atoms with Gasteiger partial charge in [-0.1, -0.05) is 17.7 Å². The lowest BCUT2D eigenvalue weighted by molar-refractivity contribution is -0.151. The molecule has 24 heavy (non-hydrogen) atoms. The molecule has 0 aromatic heterocycles. The molecule has 1 aromatic carbocycles. The molecular formula is C17H22BClO5. The van der Waals surface area contributed by atoms with Crippen molar-refractivity contribution in [1.82, 2.24) is 0 Å². The summed E-state index contributed by atoms with van der Waals surface area (Å²) in [6.45, 7) is 8.00. The van der Waals surface area contributed by atoms with Gasteiger partial charge in [0.2, 0.25) is 5.60 Å². The van der Waals surface area contributed by atoms with Crippen LogP contribution in [0.25, 0.3) is 0 Å². The molecule has 0 atom stereocenters. The van der Waals surface area contributed by atoms with Crippen LogP contribution < -0.4 is 10.2 Å². The highest BCUT2D eigenvalue weighted by molar-refractivity contribution is 6.62. The van der Waals surface area contributed by atoms with Gasteiger partial charge >= 0.3 is 13.1 Å². The molecule has 3 rings (SSSR count). The molecule has 7 heteroatoms. The van der Waals surface area contributed by atoms with E-state index in [-0.39, 0.29) is 5.97 Å². The summed E-state index contributed by atoms with van der Waals surface area (Å²) in [5.74, 6) is 0.0911. The highest BCUT2D eigenvalue weighted by Gasteiger charge is 2.55. The van der Waals surface area contributed by atoms with E-state index in [1.807, 2.05) is 33.8 Å². The topological polar surface area (TPSA) is 54.0 Å². The highest BCUT2D eigenvalue weighted by Crippen LogP contribution is 2.43. The van der Waals surface area contributed by atoms with Crippen LogP contribution in [0, 0.1) is 0 Å². The molecule has 1 heterocycles. The predicted molar refractivity (Wildman–Crippen MR) is 91.8 cm³/mol. The SMILES string of the molecule is COC(=O)C1(Oc2ccc(B3OC(C)(C)C(C)(C)O3)cc2Cl)CC1. The molecular weight excluding hydrogens is 330 g/mol. The van der Waals surface area contributed by atoms with E-state index < -0.39 is 23.9 Å². The van der Waals surface area contributed by atoms with E-state index in [1.54, 1.807) is 12.1 Å². The van der Waals surface area contributed by atoms with Gasteiger partial charge in [0.1, 0.15) is 5.75 Å². The minimum atomic E-state index is -0.885. The number of esters is 1. The van der Waals surface area contributed by atoms with Crippen LogP contribution in [-0.2, 0) is 18.8 Å². The van der Waals surface area contributed by atoms with Crippen LogP contribution in [-0.4, -0.2) is 37.0 Å². The molecule has 5 nitrogen and oxygen atoms in total. The Morgan fingerprint density at radius 3 is 2.21 bits per heavy atom. The zero-order valence-corrected chi connectivity index (χ0v) is 15.4. The fourth-order valence-electron chi connectivity index (χ4n) is 2.58. The lowest BCUT2D eigenvalue weighted by atomic mass is 9.79. The number of halogens is 1. The van der Waals surface area contributed by atoms with Crippen molar-refractivity contribution in [2.75, 3.05) is 7.11 Å². The molecule has 0 unspecified atom stereocenters. The van der Waals surface area contributed by atoms with Crippen molar-refractivity contribution in [2.45, 2.75) is 57.3 Å². The first-order chi connectivity index (χ1) is 11.1. The molecule has 2 aliphatic rings. The van der Waals surface area contributed by atoms with Crippen molar-refractivity contribution in [2.24, 2.45) is 0 Å². The van der Waals surface area contributed by atoms with Crippen molar-refractivity contribution >= 4 is 30.2 Å². The minimum Gasteiger partial charge on any atom is -0.474 e. The number of benzene rings is 1. The van der Waals surface area contributed by atoms with E-state index in [2.05, 4.69) is 0 Å². The quantitative estimate of drug-likeness (QED) is 0.616. The molecule has 0 bridgehead atoms. The van der Waals surface area contributed by atoms with E-state index in [4.69, 9.17) is 30.4 Å². The molecule has 2 fully saturated rings. The Balaban J connectivity index is 1.78. The Morgan fingerprint density at radius 1 is 1.17 bits per heavy atom. The molecule has 1 aliphatic heterocycles. The van der Waals surface area contributed by atoms with E-state index >= 15 is 0 Å². The van der Waals surface area contributed by atoms with Crippen LogP contribution in [0.15, 0.2) is 18.2 Å². The summed E-state index contributed by atoms with van der Waals surface area (Å²) in [4.78, 5) is 11.8. The average molecular weight is 353 g/mol. The average Bonchev–Trinajstić information content (AvgIpc) is 3.23. The van der Waals surface area contributed by atoms with Gasteiger partial charge in [0.05, 0.1) is 23.3 Å². The molecule has 0 radical (unpaired) electrons. The van der Waals surface area contributed by atoms with Crippen LogP contribution in [0.3, 0.4) is 0 Å². The summed E-state index contributed by atoms with van der Waals surface area (Å²) in [7, 11) is 0.867. The van der Waals surface area contributed by atoms with Crippen molar-refractivity contribution in [3.05, 3.63) is 23.2 Å². The normalized spacial score (nSPS) is 23.0. The second kappa shape index (κ2) is 5.65. The highest BCUT2D eigenvalue weighted by atomic mass is 35.5. The van der Waals surface area contributed by atoms with Gasteiger partial charge in [-0.15, -0.1) is 0 Å². The van der Waals surface area contributed by atoms with E-state index in [0.29, 0.717) is 23.6 Å². The van der Waals surface area contributed by atoms with Crippen molar-refractivity contribution in [3.8, 4) is 5.75 Å². The third-order valence-electron chi connectivity index (χ3n) is 5.05. The number of hydrogen-bond donors (Lipinski definition) is 0. The first-order valence-electron chi connectivity index (χ1n) is 8.03. The van der Waals surface area contributed by atoms with Gasteiger partial charge in [0.25, 0.3) is 0 Å². The van der Waals surface area contributed by atoms with Crippen LogP contribution in [0.4, 0.5) is 0 Å². The van der Waals surface area contributed by atoms with Gasteiger partial charge in [-0.25, -0.2) is 4.79 Å². The minimum absolute atomic E-state index is 0.367. The van der Waals surface area contributed by atoms with Crippen molar-refractivity contribution < 1.29 is 23.6 Å². The summed E-state index contributed by atoms with van der Waals surface area (Å²) in [5.41, 5.74) is -0.900. The maximum atomic E-state index is 11.8. The number of hydrogen-bond acceptors (Lipinski definition) is 5. The molecule has 0 spiro atoms. The molecule has 0 amide bonds. The number of carbonyl (C=O) groups is 1. The van der Waals surface area contributed by atoms with Gasteiger partial charge in [-0.2, -0.15) is 0 Å². The summed E-state index contributed by atoms with van der Waals surface area (Å²) in [6.07, 6.45) is 1.27. The number of carbonyl (C=O) groups excluding carboxylic acids is 1. The van der Waals surface area contributed by atoms with Crippen LogP contribution in [0.5, 0.6) is 5.75 Å². The molecule has 1 aliphatic carbocycles. The smallest absolute Gasteiger partial charge is 0.474 e. The van der Waals surface area contributed by atoms with Gasteiger partial charge < -0.3 is 18.8 Å². The fraction of sp³-hybridized carbons (Fsp3) is 0.588. The van der Waals surface area contributed by atoms with Crippen molar-refractivity contribution in [1.29, 1.82) is 0 Å². The summed E-state index contributed by atoms with van der Waals surface area (Å²) in [6, 6.07) is 5.34. The van der Waals surface area contributed by atoms with E-state index in [1.165, 1.54) is 7.11 Å². The Morgan fingerprint density at radius 2 is 1.75 bits per heavy atom. The molecule has 1 saturated heterocycles. The monoisotopic (exact) mass is 352 g/mol. The summed E-state index contributed by atoms with van der Waals surface area (Å²) < 4.78 is 22.6. The zero-order valence-electron chi connectivity index (χ0n) is 14.6. The number of rotatable bonds is 4. The Labute approximate surface area is 147 Å². The Hall–Kier alpha value is -1.24. The first kappa shape index (κ1) is 17.6. The van der Waals surface area contributed by atoms with Crippen LogP contribution in [0.1, 0.15) is 40.5 Å². The lowest BCUT2D eigenvalue weighted by Gasteiger charge is -2.32. The van der Waals surface area contributed by atoms with Gasteiger partial charge in [0, 0.05) is 12.8 Å². The van der Waals surface area contributed by atoms with Crippen LogP contribution in [0.2, 0.25) is 5.02 Å². The summed E-state index contributed by atoms with van der Waals surface area (Å²) >= 11 is 6.34. The van der Waals surface area contributed by atoms with Gasteiger partial charge in [0.15, 0.2) is 0 Å². The van der Waals surface area contributed by atoms with Gasteiger partial charge in [-0.3, -0.25) is 0 Å². The maximum absolute atomic E-state index is 11.8. The van der Waals surface area contributed by atoms with E-state index in [0.717, 1.165) is 5.46 Å². The lowest BCUT2D eigenvalue weighted by Crippen LogP contribution is -2.41. The molecule has 1 aromatic rings. The third kappa shape index (κ3) is 2.91. The van der Waals surface area contributed by atoms with Crippen molar-refractivity contribution in [3.63, 3.8) is 0 Å². The Bertz CT molecular complexity index is 653. The largest absolute Gasteiger partial charge is 0.494 e.